The second-order valence-electron chi connectivity index (χ2n) is 7.19. The molecule has 0 aliphatic carbocycles. The fraction of sp³-hybridized carbons (Fsp3) is 0.130. The van der Waals surface area contributed by atoms with Crippen molar-refractivity contribution in [2.45, 2.75) is 13.0 Å². The molecule has 34 heavy (non-hydrogen) atoms. The van der Waals surface area contributed by atoms with Crippen LogP contribution in [-0.2, 0) is 4.74 Å². The summed E-state index contributed by atoms with van der Waals surface area (Å²) < 4.78 is 26.2. The number of hydrogen-bond acceptors (Lipinski definition) is 7. The zero-order valence-corrected chi connectivity index (χ0v) is 19.5. The Morgan fingerprint density at radius 2 is 1.94 bits per heavy atom. The number of carbonyl (C=O) groups is 1. The van der Waals surface area contributed by atoms with Gasteiger partial charge in [0.05, 0.1) is 24.0 Å². The van der Waals surface area contributed by atoms with Crippen LogP contribution in [0.4, 0.5) is 10.2 Å². The predicted molar refractivity (Wildman–Crippen MR) is 126 cm³/mol. The van der Waals surface area contributed by atoms with E-state index in [1.54, 1.807) is 48.4 Å². The summed E-state index contributed by atoms with van der Waals surface area (Å²) in [7, 11) is 1.29. The normalized spacial score (nSPS) is 11.8. The quantitative estimate of drug-likeness (QED) is 0.282. The van der Waals surface area contributed by atoms with Crippen molar-refractivity contribution in [2.24, 2.45) is 0 Å². The first-order chi connectivity index (χ1) is 16.3. The lowest BCUT2D eigenvalue weighted by atomic mass is 10.1. The van der Waals surface area contributed by atoms with E-state index in [-0.39, 0.29) is 27.3 Å². The first-order valence-electron chi connectivity index (χ1n) is 9.94. The SMILES string of the molecule is COC(=O)c1cc(-n2cc(-c3cnc(N)c(OC(C)c4c(Cl)ccc(F)c4Cl)c3)cn2)ccn1. The molecule has 1 atom stereocenters. The molecule has 0 saturated carbocycles. The van der Waals surface area contributed by atoms with Gasteiger partial charge in [0, 0.05) is 40.3 Å². The van der Waals surface area contributed by atoms with Crippen molar-refractivity contribution in [1.29, 1.82) is 0 Å². The monoisotopic (exact) mass is 501 g/mol. The van der Waals surface area contributed by atoms with Gasteiger partial charge >= 0.3 is 5.97 Å². The maximum atomic E-state index is 13.9. The number of hydrogen-bond donors (Lipinski definition) is 1. The van der Waals surface area contributed by atoms with E-state index in [2.05, 4.69) is 15.1 Å². The van der Waals surface area contributed by atoms with E-state index in [0.717, 1.165) is 0 Å². The number of ether oxygens (including phenoxy) is 2. The lowest BCUT2D eigenvalue weighted by Gasteiger charge is -2.19. The van der Waals surface area contributed by atoms with E-state index in [1.807, 2.05) is 0 Å². The maximum absolute atomic E-state index is 13.9. The molecule has 0 fully saturated rings. The van der Waals surface area contributed by atoms with Crippen LogP contribution < -0.4 is 10.5 Å². The Kier molecular flexibility index (Phi) is 6.67. The van der Waals surface area contributed by atoms with Gasteiger partial charge in [-0.05, 0) is 37.3 Å². The summed E-state index contributed by atoms with van der Waals surface area (Å²) in [6.07, 6.45) is 5.73. The number of rotatable bonds is 6. The van der Waals surface area contributed by atoms with Crippen molar-refractivity contribution >= 4 is 35.0 Å². The maximum Gasteiger partial charge on any atom is 0.356 e. The average Bonchev–Trinajstić information content (AvgIpc) is 3.33. The van der Waals surface area contributed by atoms with Crippen LogP contribution in [0.25, 0.3) is 16.8 Å². The highest BCUT2D eigenvalue weighted by Gasteiger charge is 2.20. The molecule has 8 nitrogen and oxygen atoms in total. The molecular formula is C23H18Cl2FN5O3. The Morgan fingerprint density at radius 3 is 2.71 bits per heavy atom. The number of carbonyl (C=O) groups excluding carboxylic acids is 1. The number of benzene rings is 1. The molecule has 1 unspecified atom stereocenters. The number of aromatic nitrogens is 4. The van der Waals surface area contributed by atoms with Gasteiger partial charge < -0.3 is 15.2 Å². The molecule has 0 saturated heterocycles. The molecule has 0 spiro atoms. The summed E-state index contributed by atoms with van der Waals surface area (Å²) in [5, 5.41) is 4.49. The van der Waals surface area contributed by atoms with Crippen LogP contribution in [0.2, 0.25) is 10.0 Å². The zero-order chi connectivity index (χ0) is 24.4. The van der Waals surface area contributed by atoms with Gasteiger partial charge in [0.15, 0.2) is 11.6 Å². The smallest absolute Gasteiger partial charge is 0.356 e. The van der Waals surface area contributed by atoms with Gasteiger partial charge in [-0.15, -0.1) is 0 Å². The summed E-state index contributed by atoms with van der Waals surface area (Å²) in [5.74, 6) is -0.740. The second kappa shape index (κ2) is 9.66. The Hall–Kier alpha value is -3.69. The molecule has 0 aliphatic rings. The minimum atomic E-state index is -0.702. The molecule has 4 aromatic rings. The van der Waals surface area contributed by atoms with Crippen molar-refractivity contribution in [1.82, 2.24) is 19.7 Å². The highest BCUT2D eigenvalue weighted by molar-refractivity contribution is 6.36. The number of nitrogens with two attached hydrogens (primary N) is 1. The third-order valence-corrected chi connectivity index (χ3v) is 5.70. The first kappa shape index (κ1) is 23.5. The molecule has 174 valence electrons. The van der Waals surface area contributed by atoms with Crippen LogP contribution in [0.1, 0.15) is 29.1 Å². The summed E-state index contributed by atoms with van der Waals surface area (Å²) in [6.45, 7) is 1.68. The van der Waals surface area contributed by atoms with Crippen LogP contribution in [0, 0.1) is 5.82 Å². The number of nitrogens with zero attached hydrogens (tertiary/aromatic N) is 4. The summed E-state index contributed by atoms with van der Waals surface area (Å²) in [5.41, 5.74) is 8.47. The minimum absolute atomic E-state index is 0.118. The number of halogens is 3. The predicted octanol–water partition coefficient (Wildman–Crippen LogP) is 5.28. The molecule has 3 aromatic heterocycles. The molecule has 0 amide bonds. The van der Waals surface area contributed by atoms with E-state index >= 15 is 0 Å². The molecule has 0 radical (unpaired) electrons. The Balaban J connectivity index is 1.62. The Labute approximate surface area is 204 Å². The average molecular weight is 502 g/mol. The molecule has 1 aromatic carbocycles. The van der Waals surface area contributed by atoms with Crippen LogP contribution in [-0.4, -0.2) is 32.8 Å². The van der Waals surface area contributed by atoms with Gasteiger partial charge in [0.1, 0.15) is 17.6 Å². The van der Waals surface area contributed by atoms with E-state index < -0.39 is 17.9 Å². The molecule has 0 bridgehead atoms. The number of pyridine rings is 2. The summed E-state index contributed by atoms with van der Waals surface area (Å²) in [4.78, 5) is 20.0. The number of nitrogen functional groups attached to an aromatic ring is 1. The first-order valence-corrected chi connectivity index (χ1v) is 10.7. The van der Waals surface area contributed by atoms with Gasteiger partial charge in [0.25, 0.3) is 0 Å². The highest BCUT2D eigenvalue weighted by Crippen LogP contribution is 2.37. The summed E-state index contributed by atoms with van der Waals surface area (Å²) in [6, 6.07) is 7.55. The van der Waals surface area contributed by atoms with Gasteiger partial charge in [-0.2, -0.15) is 5.10 Å². The lowest BCUT2D eigenvalue weighted by molar-refractivity contribution is 0.0594. The van der Waals surface area contributed by atoms with Gasteiger partial charge in [-0.3, -0.25) is 0 Å². The largest absolute Gasteiger partial charge is 0.482 e. The molecular weight excluding hydrogens is 484 g/mol. The standard InChI is InChI=1S/C23H18Cl2FN5O3/c1-12(20-16(24)3-4-17(26)21(20)25)34-19-7-13(9-29-22(19)27)14-10-30-31(11-14)15-5-6-28-18(8-15)23(32)33-2/h3-12H,1-2H3,(H2,27,29). The van der Waals surface area contributed by atoms with Crippen LogP contribution >= 0.6 is 23.2 Å². The van der Waals surface area contributed by atoms with Gasteiger partial charge in [0.2, 0.25) is 0 Å². The van der Waals surface area contributed by atoms with E-state index in [1.165, 1.54) is 25.4 Å². The van der Waals surface area contributed by atoms with Crippen molar-refractivity contribution in [3.05, 3.63) is 82.2 Å². The lowest BCUT2D eigenvalue weighted by Crippen LogP contribution is -2.08. The molecule has 4 rings (SSSR count). The van der Waals surface area contributed by atoms with Crippen LogP contribution in [0.5, 0.6) is 5.75 Å². The van der Waals surface area contributed by atoms with E-state index in [4.69, 9.17) is 38.4 Å². The molecule has 11 heteroatoms. The topological polar surface area (TPSA) is 105 Å². The fourth-order valence-electron chi connectivity index (χ4n) is 3.26. The van der Waals surface area contributed by atoms with Gasteiger partial charge in [-0.25, -0.2) is 23.8 Å². The Bertz CT molecular complexity index is 1380. The zero-order valence-electron chi connectivity index (χ0n) is 18.0. The minimum Gasteiger partial charge on any atom is -0.482 e. The number of esters is 1. The van der Waals surface area contributed by atoms with Crippen molar-refractivity contribution in [3.63, 3.8) is 0 Å². The third kappa shape index (κ3) is 4.66. The van der Waals surface area contributed by atoms with Crippen molar-refractivity contribution in [2.75, 3.05) is 12.8 Å². The van der Waals surface area contributed by atoms with Crippen molar-refractivity contribution in [3.8, 4) is 22.6 Å². The van der Waals surface area contributed by atoms with Crippen LogP contribution in [0.3, 0.4) is 0 Å². The second-order valence-corrected chi connectivity index (χ2v) is 7.97. The van der Waals surface area contributed by atoms with Crippen molar-refractivity contribution < 1.29 is 18.7 Å². The van der Waals surface area contributed by atoms with E-state index in [9.17, 15) is 9.18 Å². The van der Waals surface area contributed by atoms with E-state index in [0.29, 0.717) is 22.4 Å². The molecule has 0 aliphatic heterocycles. The molecule has 2 N–H and O–H groups in total. The number of anilines is 1. The summed E-state index contributed by atoms with van der Waals surface area (Å²) >= 11 is 12.3. The molecule has 3 heterocycles. The highest BCUT2D eigenvalue weighted by atomic mass is 35.5. The fourth-order valence-corrected chi connectivity index (χ4v) is 3.94. The number of methoxy groups -OCH3 is 1. The van der Waals surface area contributed by atoms with Crippen LogP contribution in [0.15, 0.2) is 55.1 Å². The third-order valence-electron chi connectivity index (χ3n) is 4.99. The van der Waals surface area contributed by atoms with Gasteiger partial charge in [-0.1, -0.05) is 23.2 Å². The Morgan fingerprint density at radius 1 is 1.15 bits per heavy atom.